The first-order valence-electron chi connectivity index (χ1n) is 17.3. The van der Waals surface area contributed by atoms with Gasteiger partial charge in [-0.3, -0.25) is 13.9 Å². The SMILES string of the molecule is C=CC.CC.CCOc1ccc(N(C)S(=O)(=O)c2cc(Cl)sc2C(=O)Nc2cc(Cl)cc(C(=O)Oc3ccc(C(=O)c4ccccc4)c(C(F)(F)F)c3)c2)cc1OC. The lowest BCUT2D eigenvalue weighted by molar-refractivity contribution is -0.138. The number of carbonyl (C=O) groups is 3. The van der Waals surface area contributed by atoms with Crippen LogP contribution in [0.2, 0.25) is 9.36 Å². The highest BCUT2D eigenvalue weighted by molar-refractivity contribution is 7.93. The Morgan fingerprint density at radius 2 is 1.57 bits per heavy atom. The van der Waals surface area contributed by atoms with E-state index in [-0.39, 0.29) is 42.5 Å². The van der Waals surface area contributed by atoms with E-state index in [9.17, 15) is 36.0 Å². The number of esters is 1. The number of carbonyl (C=O) groups excluding carboxylic acids is 3. The largest absolute Gasteiger partial charge is 0.493 e. The van der Waals surface area contributed by atoms with Crippen molar-refractivity contribution in [2.24, 2.45) is 0 Å². The number of halogens is 5. The van der Waals surface area contributed by atoms with Crippen LogP contribution in [0.5, 0.6) is 17.2 Å². The Hall–Kier alpha value is -5.35. The number of amides is 1. The van der Waals surface area contributed by atoms with Gasteiger partial charge in [0.15, 0.2) is 17.3 Å². The van der Waals surface area contributed by atoms with E-state index in [4.69, 9.17) is 37.4 Å². The first kappa shape index (κ1) is 47.0. The maximum absolute atomic E-state index is 14.0. The zero-order valence-corrected chi connectivity index (χ0v) is 35.2. The number of sulfonamides is 1. The van der Waals surface area contributed by atoms with Gasteiger partial charge in [0.1, 0.15) is 15.5 Å². The van der Waals surface area contributed by atoms with Gasteiger partial charge >= 0.3 is 12.1 Å². The molecule has 0 aliphatic carbocycles. The molecule has 0 saturated heterocycles. The molecule has 0 aliphatic heterocycles. The monoisotopic (exact) mass is 878 g/mol. The number of thiophene rings is 1. The van der Waals surface area contributed by atoms with Crippen molar-refractivity contribution in [2.75, 3.05) is 30.4 Å². The molecule has 0 unspecified atom stereocenters. The summed E-state index contributed by atoms with van der Waals surface area (Å²) in [4.78, 5) is 38.8. The Morgan fingerprint density at radius 1 is 0.914 bits per heavy atom. The minimum atomic E-state index is -4.97. The fourth-order valence-corrected chi connectivity index (χ4v) is 8.12. The molecule has 5 rings (SSSR count). The number of ketones is 1. The number of rotatable bonds is 12. The molecule has 0 bridgehead atoms. The lowest BCUT2D eigenvalue weighted by Gasteiger charge is -2.21. The van der Waals surface area contributed by atoms with Gasteiger partial charge in [0.2, 0.25) is 0 Å². The van der Waals surface area contributed by atoms with E-state index in [0.717, 1.165) is 34.6 Å². The fourth-order valence-electron chi connectivity index (χ4n) is 5.01. The zero-order chi connectivity index (χ0) is 43.4. The van der Waals surface area contributed by atoms with Gasteiger partial charge in [0, 0.05) is 35.0 Å². The molecule has 1 heterocycles. The molecule has 1 aromatic heterocycles. The normalized spacial score (nSPS) is 10.8. The van der Waals surface area contributed by atoms with Gasteiger partial charge in [-0.1, -0.05) is 73.5 Å². The van der Waals surface area contributed by atoms with Crippen molar-refractivity contribution < 1.29 is 50.2 Å². The van der Waals surface area contributed by atoms with Crippen molar-refractivity contribution in [3.05, 3.63) is 140 Å². The average molecular weight is 880 g/mol. The quantitative estimate of drug-likeness (QED) is 0.0568. The fraction of sp³-hybridized carbons (Fsp3) is 0.195. The third-order valence-corrected chi connectivity index (χ3v) is 10.9. The first-order chi connectivity index (χ1) is 27.4. The molecule has 0 radical (unpaired) electrons. The molecular formula is C41H39Cl2F3N2O8S2. The van der Waals surface area contributed by atoms with Crippen molar-refractivity contribution in [2.45, 2.75) is 38.8 Å². The van der Waals surface area contributed by atoms with Crippen LogP contribution in [0.25, 0.3) is 0 Å². The second-order valence-corrected chi connectivity index (χ2v) is 15.4. The highest BCUT2D eigenvalue weighted by Gasteiger charge is 2.36. The van der Waals surface area contributed by atoms with Crippen molar-refractivity contribution in [1.82, 2.24) is 0 Å². The molecule has 5 aromatic rings. The average Bonchev–Trinajstić information content (AvgIpc) is 3.61. The van der Waals surface area contributed by atoms with Crippen LogP contribution in [-0.2, 0) is 16.2 Å². The van der Waals surface area contributed by atoms with Crippen molar-refractivity contribution in [1.29, 1.82) is 0 Å². The Bertz CT molecular complexity index is 2370. The third-order valence-electron chi connectivity index (χ3n) is 7.50. The molecule has 308 valence electrons. The van der Waals surface area contributed by atoms with E-state index < -0.39 is 55.6 Å². The van der Waals surface area contributed by atoms with Gasteiger partial charge in [-0.25, -0.2) is 13.2 Å². The topological polar surface area (TPSA) is 128 Å². The predicted molar refractivity (Wildman–Crippen MR) is 222 cm³/mol. The zero-order valence-electron chi connectivity index (χ0n) is 32.1. The highest BCUT2D eigenvalue weighted by atomic mass is 35.5. The standard InChI is InChI=1S/C36H27Cl2F3N2O8S2.C3H6.C2H6/c1-4-50-28-13-10-24(17-29(28)49-3)43(2)53(47,48)30-19-31(38)52-33(30)34(45)42-23-15-21(14-22(37)16-23)35(46)51-25-11-12-26(27(18-25)36(39,40)41)32(44)20-8-6-5-7-9-20;1-3-2;1-2/h5-19H,4H2,1-3H3,(H,42,45);3H,1H2,2H3;1-2H3. The van der Waals surface area contributed by atoms with Gasteiger partial charge in [-0.2, -0.15) is 13.2 Å². The van der Waals surface area contributed by atoms with E-state index >= 15 is 0 Å². The molecule has 1 N–H and O–H groups in total. The highest BCUT2D eigenvalue weighted by Crippen LogP contribution is 2.38. The molecule has 0 saturated carbocycles. The van der Waals surface area contributed by atoms with Crippen molar-refractivity contribution >= 4 is 73.6 Å². The molecule has 0 spiro atoms. The number of hydrogen-bond acceptors (Lipinski definition) is 9. The summed E-state index contributed by atoms with van der Waals surface area (Å²) in [6, 6.07) is 19.0. The summed E-state index contributed by atoms with van der Waals surface area (Å²) in [5.74, 6) is -2.79. The maximum atomic E-state index is 14.0. The molecule has 0 fully saturated rings. The van der Waals surface area contributed by atoms with Crippen LogP contribution in [0.4, 0.5) is 24.5 Å². The smallest absolute Gasteiger partial charge is 0.417 e. The Balaban J connectivity index is 0.00000172. The van der Waals surface area contributed by atoms with Crippen LogP contribution in [0.3, 0.4) is 0 Å². The van der Waals surface area contributed by atoms with Gasteiger partial charge in [0.05, 0.1) is 34.9 Å². The number of alkyl halides is 3. The van der Waals surface area contributed by atoms with Gasteiger partial charge in [-0.15, -0.1) is 17.9 Å². The Morgan fingerprint density at radius 3 is 2.17 bits per heavy atom. The number of anilines is 2. The van der Waals surface area contributed by atoms with Crippen LogP contribution in [0.15, 0.2) is 109 Å². The van der Waals surface area contributed by atoms with Crippen LogP contribution < -0.4 is 23.8 Å². The first-order valence-corrected chi connectivity index (χ1v) is 20.3. The summed E-state index contributed by atoms with van der Waals surface area (Å²) in [7, 11) is -1.72. The van der Waals surface area contributed by atoms with Crippen molar-refractivity contribution in [3.63, 3.8) is 0 Å². The maximum Gasteiger partial charge on any atom is 0.417 e. The number of hydrogen-bond donors (Lipinski definition) is 1. The van der Waals surface area contributed by atoms with E-state index in [1.807, 2.05) is 20.8 Å². The Labute approximate surface area is 348 Å². The minimum absolute atomic E-state index is 0.0172. The molecule has 0 aliphatic rings. The van der Waals surface area contributed by atoms with Crippen LogP contribution >= 0.6 is 34.5 Å². The van der Waals surface area contributed by atoms with E-state index in [0.29, 0.717) is 29.8 Å². The molecule has 1 amide bonds. The summed E-state index contributed by atoms with van der Waals surface area (Å²) >= 11 is 13.1. The van der Waals surface area contributed by atoms with E-state index in [1.165, 1.54) is 62.7 Å². The Kier molecular flexibility index (Phi) is 16.9. The molecule has 0 atom stereocenters. The van der Waals surface area contributed by atoms with Gasteiger partial charge in [0.25, 0.3) is 15.9 Å². The number of allylic oxidation sites excluding steroid dienone is 1. The summed E-state index contributed by atoms with van der Waals surface area (Å²) in [6.45, 7) is 11.4. The number of benzene rings is 4. The molecule has 10 nitrogen and oxygen atoms in total. The molecule has 4 aromatic carbocycles. The van der Waals surface area contributed by atoms with Gasteiger partial charge in [-0.05, 0) is 68.4 Å². The number of ether oxygens (including phenoxy) is 3. The number of methoxy groups -OCH3 is 1. The summed E-state index contributed by atoms with van der Waals surface area (Å²) in [5, 5.41) is 2.41. The second-order valence-electron chi connectivity index (χ2n) is 11.4. The molecular weight excluding hydrogens is 840 g/mol. The van der Waals surface area contributed by atoms with Crippen LogP contribution in [0.1, 0.15) is 69.2 Å². The minimum Gasteiger partial charge on any atom is -0.493 e. The predicted octanol–water partition coefficient (Wildman–Crippen LogP) is 11.2. The van der Waals surface area contributed by atoms with Crippen LogP contribution in [0, 0.1) is 0 Å². The summed E-state index contributed by atoms with van der Waals surface area (Å²) in [6.07, 6.45) is -3.22. The van der Waals surface area contributed by atoms with Crippen LogP contribution in [-0.4, -0.2) is 46.8 Å². The van der Waals surface area contributed by atoms with E-state index in [1.54, 1.807) is 19.1 Å². The number of nitrogens with one attached hydrogen (secondary N) is 1. The van der Waals surface area contributed by atoms with Crippen molar-refractivity contribution in [3.8, 4) is 17.2 Å². The second kappa shape index (κ2) is 20.9. The third kappa shape index (κ3) is 11.6. The number of nitrogens with zero attached hydrogens (tertiary/aromatic N) is 1. The summed E-state index contributed by atoms with van der Waals surface area (Å²) < 4.78 is 86.6. The molecule has 58 heavy (non-hydrogen) atoms. The van der Waals surface area contributed by atoms with E-state index in [2.05, 4.69) is 11.9 Å². The lowest BCUT2D eigenvalue weighted by Crippen LogP contribution is -2.28. The van der Waals surface area contributed by atoms with Gasteiger partial charge < -0.3 is 19.5 Å². The summed E-state index contributed by atoms with van der Waals surface area (Å²) in [5.41, 5.74) is -2.08. The lowest BCUT2D eigenvalue weighted by atomic mass is 9.97. The molecule has 17 heteroatoms.